The molecule has 1 aliphatic carbocycles. The molecule has 4 rings (SSSR count). The van der Waals surface area contributed by atoms with Crippen molar-refractivity contribution in [3.05, 3.63) is 53.2 Å². The summed E-state index contributed by atoms with van der Waals surface area (Å²) in [6.45, 7) is 0.394. The van der Waals surface area contributed by atoms with Crippen molar-refractivity contribution in [1.82, 2.24) is 9.78 Å². The number of amides is 1. The van der Waals surface area contributed by atoms with E-state index in [-0.39, 0.29) is 5.56 Å². The summed E-state index contributed by atoms with van der Waals surface area (Å²) in [4.78, 5) is 24.6. The Morgan fingerprint density at radius 3 is 2.45 bits per heavy atom. The number of carbonyl (C=O) groups is 2. The van der Waals surface area contributed by atoms with E-state index in [0.29, 0.717) is 34.9 Å². The molecule has 1 aromatic heterocycles. The number of methoxy groups -OCH3 is 2. The molecule has 8 heteroatoms. The summed E-state index contributed by atoms with van der Waals surface area (Å²) in [5.41, 5.74) is 7.57. The van der Waals surface area contributed by atoms with Gasteiger partial charge in [-0.2, -0.15) is 9.78 Å². The van der Waals surface area contributed by atoms with Crippen LogP contribution in [0.5, 0.6) is 11.5 Å². The molecule has 1 amide bonds. The van der Waals surface area contributed by atoms with E-state index in [1.54, 1.807) is 25.3 Å². The highest BCUT2D eigenvalue weighted by atomic mass is 16.5. The third-order valence-electron chi connectivity index (χ3n) is 5.16. The number of primary amides is 1. The summed E-state index contributed by atoms with van der Waals surface area (Å²) in [6, 6.07) is 9.91. The zero-order valence-corrected chi connectivity index (χ0v) is 17.3. The number of benzene rings is 2. The van der Waals surface area contributed by atoms with Crippen molar-refractivity contribution in [3.8, 4) is 11.5 Å². The number of hydrogen-bond donors (Lipinski definition) is 1. The first-order valence-corrected chi connectivity index (χ1v) is 9.90. The number of nitrogens with zero attached hydrogens (tertiary/aromatic N) is 2. The van der Waals surface area contributed by atoms with Crippen molar-refractivity contribution in [2.45, 2.75) is 12.8 Å². The quantitative estimate of drug-likeness (QED) is 0.583. The highest BCUT2D eigenvalue weighted by molar-refractivity contribution is 6.05. The first kappa shape index (κ1) is 20.5. The van der Waals surface area contributed by atoms with Crippen LogP contribution in [0, 0.1) is 5.92 Å². The fourth-order valence-corrected chi connectivity index (χ4v) is 3.31. The molecule has 0 spiro atoms. The van der Waals surface area contributed by atoms with Gasteiger partial charge >= 0.3 is 12.0 Å². The number of ether oxygens (including phenoxy) is 3. The molecule has 31 heavy (non-hydrogen) atoms. The van der Waals surface area contributed by atoms with Gasteiger partial charge in [-0.15, -0.1) is 0 Å². The molecule has 160 valence electrons. The lowest BCUT2D eigenvalue weighted by Gasteiger charge is -2.10. The van der Waals surface area contributed by atoms with Crippen molar-refractivity contribution in [3.63, 3.8) is 0 Å². The fourth-order valence-electron chi connectivity index (χ4n) is 3.31. The minimum atomic E-state index is -0.736. The number of nitrogens with two attached hydrogens (primary N) is 1. The summed E-state index contributed by atoms with van der Waals surface area (Å²) >= 11 is 0. The second-order valence-corrected chi connectivity index (χ2v) is 7.32. The van der Waals surface area contributed by atoms with E-state index in [4.69, 9.17) is 19.9 Å². The van der Waals surface area contributed by atoms with Crippen molar-refractivity contribution >= 4 is 35.1 Å². The van der Waals surface area contributed by atoms with Gasteiger partial charge in [0.15, 0.2) is 0 Å². The molecule has 0 atom stereocenters. The Labute approximate surface area is 179 Å². The lowest BCUT2D eigenvalue weighted by Crippen LogP contribution is -2.20. The second-order valence-electron chi connectivity index (χ2n) is 7.32. The average molecular weight is 421 g/mol. The van der Waals surface area contributed by atoms with Crippen molar-refractivity contribution in [2.24, 2.45) is 11.7 Å². The standard InChI is InChI=1S/C23H23N3O5/c1-29-16-8-5-14(6-9-16)7-11-18-20-19(26(25-18)23(24)28)12-10-17(21(20)30-2)22(27)31-13-15-3-4-15/h5-12,15H,3-4,13H2,1-2H3,(H2,24,28). The molecule has 1 fully saturated rings. The number of rotatable bonds is 7. The molecule has 8 nitrogen and oxygen atoms in total. The van der Waals surface area contributed by atoms with Gasteiger partial charge in [-0.05, 0) is 54.7 Å². The first-order valence-electron chi connectivity index (χ1n) is 9.90. The van der Waals surface area contributed by atoms with Crippen molar-refractivity contribution in [2.75, 3.05) is 20.8 Å². The van der Waals surface area contributed by atoms with Gasteiger partial charge in [-0.1, -0.05) is 18.2 Å². The van der Waals surface area contributed by atoms with Crippen LogP contribution in [-0.2, 0) is 4.74 Å². The predicted octanol–water partition coefficient (Wildman–Crippen LogP) is 3.72. The zero-order valence-electron chi connectivity index (χ0n) is 17.3. The molecule has 0 unspecified atom stereocenters. The topological polar surface area (TPSA) is 106 Å². The van der Waals surface area contributed by atoms with Gasteiger partial charge in [-0.25, -0.2) is 9.59 Å². The van der Waals surface area contributed by atoms with Gasteiger partial charge in [0.25, 0.3) is 0 Å². The van der Waals surface area contributed by atoms with E-state index in [2.05, 4.69) is 5.10 Å². The van der Waals surface area contributed by atoms with E-state index in [0.717, 1.165) is 28.8 Å². The molecule has 0 aliphatic heterocycles. The van der Waals surface area contributed by atoms with E-state index in [1.807, 2.05) is 30.3 Å². The van der Waals surface area contributed by atoms with Crippen LogP contribution in [0.4, 0.5) is 4.79 Å². The normalized spacial score (nSPS) is 13.5. The highest BCUT2D eigenvalue weighted by Gasteiger charge is 2.26. The smallest absolute Gasteiger partial charge is 0.341 e. The molecule has 3 aromatic rings. The van der Waals surface area contributed by atoms with E-state index < -0.39 is 12.0 Å². The number of carbonyl (C=O) groups excluding carboxylic acids is 2. The molecule has 2 aromatic carbocycles. The lowest BCUT2D eigenvalue weighted by atomic mass is 10.1. The van der Waals surface area contributed by atoms with Crippen LogP contribution in [0.1, 0.15) is 34.5 Å². The van der Waals surface area contributed by atoms with E-state index >= 15 is 0 Å². The fraction of sp³-hybridized carbons (Fsp3) is 0.261. The Morgan fingerprint density at radius 2 is 1.84 bits per heavy atom. The third kappa shape index (κ3) is 4.23. The Kier molecular flexibility index (Phi) is 5.62. The van der Waals surface area contributed by atoms with Crippen LogP contribution < -0.4 is 15.2 Å². The van der Waals surface area contributed by atoms with Crippen LogP contribution >= 0.6 is 0 Å². The van der Waals surface area contributed by atoms with Crippen LogP contribution in [0.25, 0.3) is 23.1 Å². The zero-order chi connectivity index (χ0) is 22.0. The summed E-state index contributed by atoms with van der Waals surface area (Å²) in [5, 5.41) is 4.84. The Morgan fingerprint density at radius 1 is 1.10 bits per heavy atom. The van der Waals surface area contributed by atoms with Gasteiger partial charge in [0.2, 0.25) is 0 Å². The molecular formula is C23H23N3O5. The van der Waals surface area contributed by atoms with Crippen molar-refractivity contribution in [1.29, 1.82) is 0 Å². The average Bonchev–Trinajstić information content (AvgIpc) is 3.54. The van der Waals surface area contributed by atoms with Crippen LogP contribution in [0.2, 0.25) is 0 Å². The minimum Gasteiger partial charge on any atom is -0.497 e. The lowest BCUT2D eigenvalue weighted by molar-refractivity contribution is 0.0483. The molecule has 1 saturated carbocycles. The maximum atomic E-state index is 12.6. The Hall–Kier alpha value is -3.81. The van der Waals surface area contributed by atoms with Gasteiger partial charge < -0.3 is 19.9 Å². The molecule has 0 radical (unpaired) electrons. The van der Waals surface area contributed by atoms with Gasteiger partial charge in [0.05, 0.1) is 37.4 Å². The van der Waals surface area contributed by atoms with Crippen LogP contribution in [-0.4, -0.2) is 42.6 Å². The van der Waals surface area contributed by atoms with Gasteiger partial charge in [0.1, 0.15) is 17.1 Å². The van der Waals surface area contributed by atoms with Crippen molar-refractivity contribution < 1.29 is 23.8 Å². The maximum Gasteiger partial charge on any atom is 0.341 e. The molecule has 0 bridgehead atoms. The Bertz CT molecular complexity index is 1160. The largest absolute Gasteiger partial charge is 0.497 e. The highest BCUT2D eigenvalue weighted by Crippen LogP contribution is 2.35. The number of aromatic nitrogens is 2. The first-order chi connectivity index (χ1) is 15.0. The summed E-state index contributed by atoms with van der Waals surface area (Å²) in [7, 11) is 3.07. The molecule has 2 N–H and O–H groups in total. The summed E-state index contributed by atoms with van der Waals surface area (Å²) < 4.78 is 17.2. The summed E-state index contributed by atoms with van der Waals surface area (Å²) in [5.74, 6) is 1.01. The molecule has 1 aliphatic rings. The van der Waals surface area contributed by atoms with Crippen LogP contribution in [0.15, 0.2) is 36.4 Å². The SMILES string of the molecule is COc1ccc(C=Cc2nn(C(N)=O)c3ccc(C(=O)OCC4CC4)c(OC)c23)cc1. The number of hydrogen-bond acceptors (Lipinski definition) is 6. The van der Waals surface area contributed by atoms with Gasteiger partial charge in [0, 0.05) is 0 Å². The van der Waals surface area contributed by atoms with Crippen LogP contribution in [0.3, 0.4) is 0 Å². The molecular weight excluding hydrogens is 398 g/mol. The number of fused-ring (bicyclic) bond motifs is 1. The number of esters is 1. The van der Waals surface area contributed by atoms with Gasteiger partial charge in [-0.3, -0.25) is 0 Å². The van der Waals surface area contributed by atoms with E-state index in [1.165, 1.54) is 7.11 Å². The molecule has 0 saturated heterocycles. The maximum absolute atomic E-state index is 12.6. The second kappa shape index (κ2) is 8.51. The van der Waals surface area contributed by atoms with E-state index in [9.17, 15) is 9.59 Å². The monoisotopic (exact) mass is 421 g/mol. The Balaban J connectivity index is 1.76. The minimum absolute atomic E-state index is 0.277. The summed E-state index contributed by atoms with van der Waals surface area (Å²) in [6.07, 6.45) is 5.74. The molecule has 1 heterocycles. The predicted molar refractivity (Wildman–Crippen MR) is 116 cm³/mol. The third-order valence-corrected chi connectivity index (χ3v) is 5.16.